The van der Waals surface area contributed by atoms with Crippen LogP contribution in [0, 0.1) is 0 Å². The van der Waals surface area contributed by atoms with Crippen LogP contribution >= 0.6 is 0 Å². The zero-order valence-electron chi connectivity index (χ0n) is 30.6. The smallest absolute Gasteiger partial charge is 0.234 e. The van der Waals surface area contributed by atoms with Gasteiger partial charge in [-0.15, -0.1) is 0 Å². The highest BCUT2D eigenvalue weighted by molar-refractivity contribution is 6.12. The van der Waals surface area contributed by atoms with Crippen molar-refractivity contribution >= 4 is 49.2 Å². The molecule has 0 aliphatic heterocycles. The molecule has 0 saturated heterocycles. The highest BCUT2D eigenvalue weighted by Gasteiger charge is 2.20. The van der Waals surface area contributed by atoms with Crippen LogP contribution < -0.4 is 0 Å². The van der Waals surface area contributed by atoms with E-state index in [2.05, 4.69) is 197 Å². The highest BCUT2D eigenvalue weighted by atomic mass is 15.1. The van der Waals surface area contributed by atoms with Gasteiger partial charge in [-0.2, -0.15) is 0 Å². The number of rotatable bonds is 6. The molecule has 0 saturated carbocycles. The second-order valence-corrected chi connectivity index (χ2v) is 14.6. The summed E-state index contributed by atoms with van der Waals surface area (Å²) in [6.45, 7) is 0. The lowest BCUT2D eigenvalue weighted by Crippen LogP contribution is -2.04. The number of para-hydroxylation sites is 3. The molecule has 3 heterocycles. The first-order chi connectivity index (χ1) is 27.8. The van der Waals surface area contributed by atoms with Gasteiger partial charge in [0, 0.05) is 51.1 Å². The topological polar surface area (TPSA) is 35.6 Å². The quantitative estimate of drug-likeness (QED) is 0.172. The molecule has 0 spiro atoms. The molecule has 7 aromatic carbocycles. The van der Waals surface area contributed by atoms with E-state index < -0.39 is 0 Å². The van der Waals surface area contributed by atoms with E-state index in [0.717, 1.165) is 34.3 Å². The second-order valence-electron chi connectivity index (χ2n) is 14.6. The van der Waals surface area contributed by atoms with Crippen molar-refractivity contribution in [1.82, 2.24) is 19.1 Å². The fourth-order valence-corrected chi connectivity index (χ4v) is 8.74. The first-order valence-corrected chi connectivity index (χ1v) is 19.3. The summed E-state index contributed by atoms with van der Waals surface area (Å²) < 4.78 is 4.55. The van der Waals surface area contributed by atoms with Crippen molar-refractivity contribution in [1.29, 1.82) is 0 Å². The number of fused-ring (bicyclic) bond motifs is 6. The Labute approximate surface area is 325 Å². The van der Waals surface area contributed by atoms with Crippen molar-refractivity contribution in [3.63, 3.8) is 0 Å². The van der Waals surface area contributed by atoms with Crippen LogP contribution in [0.1, 0.15) is 23.5 Å². The van der Waals surface area contributed by atoms with Gasteiger partial charge in [-0.25, -0.2) is 9.97 Å². The standard InChI is InChI=1S/C52H36N4/c1-3-13-36(14-4-1)42-17-7-8-18-43(42)37-25-23-35(24-26-37)40-33-53-52(54-34-40)56-49-22-12-10-20-45(49)47-32-39(28-30-51(47)56)38-27-29-50-46(31-38)44-19-9-11-21-48(44)55(50)41-15-5-2-6-16-41/h1-17,19-34,43H,18H2. The minimum atomic E-state index is 0.329. The van der Waals surface area contributed by atoms with Gasteiger partial charge < -0.3 is 4.57 Å². The van der Waals surface area contributed by atoms with E-state index in [4.69, 9.17) is 9.97 Å². The molecule has 4 heteroatoms. The van der Waals surface area contributed by atoms with Crippen LogP contribution in [0.4, 0.5) is 0 Å². The maximum atomic E-state index is 4.96. The lowest BCUT2D eigenvalue weighted by molar-refractivity contribution is 0.874. The summed E-state index contributed by atoms with van der Waals surface area (Å²) in [6.07, 6.45) is 11.6. The molecule has 4 nitrogen and oxygen atoms in total. The SMILES string of the molecule is C1=CCC(c2ccc(-c3cnc(-n4c5ccccc5c5cc(-c6ccc7c(c6)c6ccccc6n7-c6ccccc6)ccc54)nc3)cc2)C(c2ccccc2)=C1. The average Bonchev–Trinajstić information content (AvgIpc) is 3.79. The van der Waals surface area contributed by atoms with Gasteiger partial charge in [0.15, 0.2) is 0 Å². The number of hydrogen-bond donors (Lipinski definition) is 0. The van der Waals surface area contributed by atoms with E-state index in [0.29, 0.717) is 11.9 Å². The molecule has 0 N–H and O–H groups in total. The molecule has 3 aromatic heterocycles. The first kappa shape index (κ1) is 32.2. The minimum Gasteiger partial charge on any atom is -0.309 e. The van der Waals surface area contributed by atoms with Crippen molar-refractivity contribution in [3.8, 4) is 33.9 Å². The Morgan fingerprint density at radius 1 is 0.429 bits per heavy atom. The fourth-order valence-electron chi connectivity index (χ4n) is 8.74. The van der Waals surface area contributed by atoms with Crippen LogP contribution in [-0.2, 0) is 0 Å². The summed E-state index contributed by atoms with van der Waals surface area (Å²) in [4.78, 5) is 9.93. The molecule has 1 atom stereocenters. The van der Waals surface area contributed by atoms with Crippen molar-refractivity contribution in [2.75, 3.05) is 0 Å². The number of hydrogen-bond acceptors (Lipinski definition) is 2. The second kappa shape index (κ2) is 13.2. The molecule has 0 amide bonds. The highest BCUT2D eigenvalue weighted by Crippen LogP contribution is 2.40. The van der Waals surface area contributed by atoms with Crippen LogP contribution in [0.2, 0.25) is 0 Å². The van der Waals surface area contributed by atoms with E-state index in [1.54, 1.807) is 0 Å². The molecule has 11 rings (SSSR count). The largest absolute Gasteiger partial charge is 0.309 e. The monoisotopic (exact) mass is 716 g/mol. The van der Waals surface area contributed by atoms with E-state index in [-0.39, 0.29) is 0 Å². The molecular weight excluding hydrogens is 681 g/mol. The van der Waals surface area contributed by atoms with Gasteiger partial charge >= 0.3 is 0 Å². The summed E-state index contributed by atoms with van der Waals surface area (Å²) in [7, 11) is 0. The van der Waals surface area contributed by atoms with Crippen molar-refractivity contribution < 1.29 is 0 Å². The number of allylic oxidation sites excluding steroid dienone is 4. The summed E-state index contributed by atoms with van der Waals surface area (Å²) in [6, 6.07) is 61.1. The molecular formula is C52H36N4. The normalized spacial score (nSPS) is 14.2. The van der Waals surface area contributed by atoms with Gasteiger partial charge in [-0.1, -0.05) is 140 Å². The Kier molecular flexibility index (Phi) is 7.59. The summed E-state index contributed by atoms with van der Waals surface area (Å²) >= 11 is 0. The Hall–Kier alpha value is -7.30. The van der Waals surface area contributed by atoms with Gasteiger partial charge in [-0.05, 0) is 88.3 Å². The Morgan fingerprint density at radius 2 is 0.964 bits per heavy atom. The van der Waals surface area contributed by atoms with E-state index in [1.807, 2.05) is 12.4 Å². The Balaban J connectivity index is 0.938. The molecule has 0 fully saturated rings. The molecule has 1 aliphatic carbocycles. The third kappa shape index (κ3) is 5.30. The van der Waals surface area contributed by atoms with E-state index in [1.165, 1.54) is 60.4 Å². The van der Waals surface area contributed by atoms with E-state index in [9.17, 15) is 0 Å². The van der Waals surface area contributed by atoms with Crippen molar-refractivity contribution in [3.05, 3.63) is 212 Å². The number of benzene rings is 7. The van der Waals surface area contributed by atoms with Crippen molar-refractivity contribution in [2.24, 2.45) is 0 Å². The predicted molar refractivity (Wildman–Crippen MR) is 232 cm³/mol. The molecule has 0 radical (unpaired) electrons. The molecule has 1 unspecified atom stereocenters. The summed E-state index contributed by atoms with van der Waals surface area (Å²) in [5.74, 6) is 0.987. The minimum absolute atomic E-state index is 0.329. The third-order valence-corrected chi connectivity index (χ3v) is 11.4. The van der Waals surface area contributed by atoms with Crippen LogP contribution in [0.15, 0.2) is 200 Å². The van der Waals surface area contributed by atoms with Gasteiger partial charge in [0.2, 0.25) is 5.95 Å². The van der Waals surface area contributed by atoms with Crippen LogP contribution in [0.25, 0.3) is 83.1 Å². The molecule has 264 valence electrons. The van der Waals surface area contributed by atoms with Crippen LogP contribution in [-0.4, -0.2) is 19.1 Å². The number of aromatic nitrogens is 4. The third-order valence-electron chi connectivity index (χ3n) is 11.4. The zero-order chi connectivity index (χ0) is 37.0. The lowest BCUT2D eigenvalue weighted by Gasteiger charge is -2.23. The maximum absolute atomic E-state index is 4.96. The Morgan fingerprint density at radius 3 is 1.62 bits per heavy atom. The molecule has 0 bridgehead atoms. The average molecular weight is 717 g/mol. The predicted octanol–water partition coefficient (Wildman–Crippen LogP) is 13.1. The number of nitrogens with zero attached hydrogens (tertiary/aromatic N) is 4. The summed E-state index contributed by atoms with van der Waals surface area (Å²) in [5, 5.41) is 4.84. The molecule has 56 heavy (non-hydrogen) atoms. The van der Waals surface area contributed by atoms with Gasteiger partial charge in [0.1, 0.15) is 0 Å². The van der Waals surface area contributed by atoms with Gasteiger partial charge in [0.25, 0.3) is 0 Å². The maximum Gasteiger partial charge on any atom is 0.234 e. The van der Waals surface area contributed by atoms with Gasteiger partial charge in [0.05, 0.1) is 22.1 Å². The van der Waals surface area contributed by atoms with Gasteiger partial charge in [-0.3, -0.25) is 4.57 Å². The fraction of sp³-hybridized carbons (Fsp3) is 0.0385. The van der Waals surface area contributed by atoms with E-state index >= 15 is 0 Å². The van der Waals surface area contributed by atoms with Crippen LogP contribution in [0.5, 0.6) is 0 Å². The first-order valence-electron chi connectivity index (χ1n) is 19.3. The molecule has 1 aliphatic rings. The van der Waals surface area contributed by atoms with Crippen molar-refractivity contribution in [2.45, 2.75) is 12.3 Å². The summed E-state index contributed by atoms with van der Waals surface area (Å²) in [5.41, 5.74) is 14.2. The molecule has 10 aromatic rings. The Bertz CT molecular complexity index is 3130. The zero-order valence-corrected chi connectivity index (χ0v) is 30.6. The lowest BCUT2D eigenvalue weighted by atomic mass is 9.81. The van der Waals surface area contributed by atoms with Crippen LogP contribution in [0.3, 0.4) is 0 Å².